The van der Waals surface area contributed by atoms with Crippen LogP contribution in [0.5, 0.6) is 0 Å². The van der Waals surface area contributed by atoms with Crippen molar-refractivity contribution in [2.24, 2.45) is 5.92 Å². The molecule has 104 valence electrons. The minimum atomic E-state index is -0.196. The van der Waals surface area contributed by atoms with Gasteiger partial charge >= 0.3 is 0 Å². The number of hydrogen-bond acceptors (Lipinski definition) is 4. The Morgan fingerprint density at radius 1 is 1.40 bits per heavy atom. The van der Waals surface area contributed by atoms with Gasteiger partial charge in [0.2, 0.25) is 0 Å². The highest BCUT2D eigenvalue weighted by atomic mass is 16.3. The largest absolute Gasteiger partial charge is 0.448 e. The normalized spacial score (nSPS) is 15.9. The number of rotatable bonds is 4. The van der Waals surface area contributed by atoms with E-state index in [0.29, 0.717) is 17.4 Å². The molecule has 1 atom stereocenters. The van der Waals surface area contributed by atoms with Crippen molar-refractivity contribution < 1.29 is 9.21 Å². The van der Waals surface area contributed by atoms with Gasteiger partial charge in [0.15, 0.2) is 12.1 Å². The van der Waals surface area contributed by atoms with Crippen LogP contribution in [0, 0.1) is 19.8 Å². The molecule has 1 fully saturated rings. The van der Waals surface area contributed by atoms with Crippen LogP contribution in [-0.2, 0) is 0 Å². The third-order valence-electron chi connectivity index (χ3n) is 3.68. The number of nitrogens with one attached hydrogen (secondary N) is 1. The summed E-state index contributed by atoms with van der Waals surface area (Å²) >= 11 is 0. The van der Waals surface area contributed by atoms with Gasteiger partial charge in [-0.1, -0.05) is 6.07 Å². The lowest BCUT2D eigenvalue weighted by molar-refractivity contribution is 0.0924. The van der Waals surface area contributed by atoms with Crippen LogP contribution >= 0.6 is 0 Å². The first kappa shape index (κ1) is 12.8. The van der Waals surface area contributed by atoms with E-state index in [1.54, 1.807) is 13.1 Å². The summed E-state index contributed by atoms with van der Waals surface area (Å²) in [5.74, 6) is 0.813. The van der Waals surface area contributed by atoms with Gasteiger partial charge in [-0.05, 0) is 44.2 Å². The van der Waals surface area contributed by atoms with Crippen LogP contribution in [-0.4, -0.2) is 15.9 Å². The molecule has 2 aromatic rings. The Kier molecular flexibility index (Phi) is 3.26. The minimum Gasteiger partial charge on any atom is -0.448 e. The first-order valence-corrected chi connectivity index (χ1v) is 6.79. The zero-order valence-corrected chi connectivity index (χ0v) is 11.6. The van der Waals surface area contributed by atoms with Crippen LogP contribution in [0.3, 0.4) is 0 Å². The van der Waals surface area contributed by atoms with Crippen LogP contribution in [0.25, 0.3) is 0 Å². The molecule has 5 heteroatoms. The third-order valence-corrected chi connectivity index (χ3v) is 3.68. The van der Waals surface area contributed by atoms with E-state index in [1.165, 1.54) is 6.39 Å². The number of amides is 1. The van der Waals surface area contributed by atoms with Gasteiger partial charge in [-0.3, -0.25) is 9.78 Å². The molecule has 1 amide bonds. The van der Waals surface area contributed by atoms with Gasteiger partial charge in [-0.15, -0.1) is 0 Å². The standard InChI is InChI=1S/C15H17N3O2/c1-9-4-3-7-16-12(9)14(11-5-6-11)18-15(19)13-10(2)20-8-17-13/h3-4,7-8,11,14H,5-6H2,1-2H3,(H,18,19)/t14-/m1/s1. The van der Waals surface area contributed by atoms with Crippen LogP contribution in [0.15, 0.2) is 29.1 Å². The van der Waals surface area contributed by atoms with Gasteiger partial charge in [0, 0.05) is 6.20 Å². The molecule has 0 aromatic carbocycles. The van der Waals surface area contributed by atoms with Gasteiger partial charge < -0.3 is 9.73 Å². The number of nitrogens with zero attached hydrogens (tertiary/aromatic N) is 2. The Bertz CT molecular complexity index is 632. The predicted molar refractivity (Wildman–Crippen MR) is 73.1 cm³/mol. The molecule has 3 rings (SSSR count). The fourth-order valence-corrected chi connectivity index (χ4v) is 2.40. The number of hydrogen-bond donors (Lipinski definition) is 1. The van der Waals surface area contributed by atoms with Crippen molar-refractivity contribution in [3.05, 3.63) is 47.4 Å². The highest BCUT2D eigenvalue weighted by Crippen LogP contribution is 2.41. The second kappa shape index (κ2) is 5.07. The summed E-state index contributed by atoms with van der Waals surface area (Å²) in [6.45, 7) is 3.76. The molecule has 0 unspecified atom stereocenters. The molecule has 0 bridgehead atoms. The zero-order valence-electron chi connectivity index (χ0n) is 11.6. The average Bonchev–Trinajstić information content (AvgIpc) is 3.18. The predicted octanol–water partition coefficient (Wildman–Crippen LogP) is 2.57. The number of pyridine rings is 1. The van der Waals surface area contributed by atoms with E-state index in [-0.39, 0.29) is 11.9 Å². The maximum absolute atomic E-state index is 12.3. The topological polar surface area (TPSA) is 68.0 Å². The van der Waals surface area contributed by atoms with Crippen LogP contribution in [0.1, 0.15) is 46.4 Å². The molecule has 0 spiro atoms. The molecule has 20 heavy (non-hydrogen) atoms. The Morgan fingerprint density at radius 2 is 2.20 bits per heavy atom. The summed E-state index contributed by atoms with van der Waals surface area (Å²) in [6.07, 6.45) is 5.31. The van der Waals surface area contributed by atoms with E-state index in [4.69, 9.17) is 4.42 Å². The SMILES string of the molecule is Cc1cccnc1[C@H](NC(=O)c1ncoc1C)C1CC1. The maximum atomic E-state index is 12.3. The number of aryl methyl sites for hydroxylation is 2. The highest BCUT2D eigenvalue weighted by molar-refractivity contribution is 5.93. The van der Waals surface area contributed by atoms with Crippen LogP contribution in [0.4, 0.5) is 0 Å². The molecule has 2 aromatic heterocycles. The first-order chi connectivity index (χ1) is 9.66. The molecule has 0 aliphatic heterocycles. The summed E-state index contributed by atoms with van der Waals surface area (Å²) in [5.41, 5.74) is 2.40. The van der Waals surface area contributed by atoms with Crippen molar-refractivity contribution in [3.63, 3.8) is 0 Å². The monoisotopic (exact) mass is 271 g/mol. The lowest BCUT2D eigenvalue weighted by atomic mass is 10.0. The van der Waals surface area contributed by atoms with Crippen molar-refractivity contribution in [1.29, 1.82) is 0 Å². The average molecular weight is 271 g/mol. The second-order valence-corrected chi connectivity index (χ2v) is 5.25. The van der Waals surface area contributed by atoms with E-state index >= 15 is 0 Å². The molecule has 2 heterocycles. The zero-order chi connectivity index (χ0) is 14.1. The lowest BCUT2D eigenvalue weighted by Gasteiger charge is -2.19. The van der Waals surface area contributed by atoms with Crippen molar-refractivity contribution in [3.8, 4) is 0 Å². The molecule has 0 radical (unpaired) electrons. The quantitative estimate of drug-likeness (QED) is 0.928. The molecule has 5 nitrogen and oxygen atoms in total. The Morgan fingerprint density at radius 3 is 2.80 bits per heavy atom. The van der Waals surface area contributed by atoms with Crippen molar-refractivity contribution in [2.75, 3.05) is 0 Å². The van der Waals surface area contributed by atoms with E-state index in [1.807, 2.05) is 19.1 Å². The minimum absolute atomic E-state index is 0.0419. The van der Waals surface area contributed by atoms with Gasteiger partial charge in [0.1, 0.15) is 5.76 Å². The molecule has 1 saturated carbocycles. The molecule has 1 N–H and O–H groups in total. The van der Waals surface area contributed by atoms with E-state index < -0.39 is 0 Å². The second-order valence-electron chi connectivity index (χ2n) is 5.25. The Hall–Kier alpha value is -2.17. The van der Waals surface area contributed by atoms with Gasteiger partial charge in [-0.2, -0.15) is 0 Å². The summed E-state index contributed by atoms with van der Waals surface area (Å²) in [4.78, 5) is 20.7. The fraction of sp³-hybridized carbons (Fsp3) is 0.400. The smallest absolute Gasteiger partial charge is 0.274 e. The molecule has 1 aliphatic carbocycles. The number of oxazole rings is 1. The van der Waals surface area contributed by atoms with Crippen LogP contribution < -0.4 is 5.32 Å². The van der Waals surface area contributed by atoms with E-state index in [0.717, 1.165) is 24.1 Å². The summed E-state index contributed by atoms with van der Waals surface area (Å²) in [5, 5.41) is 3.06. The van der Waals surface area contributed by atoms with Gasteiger partial charge in [-0.25, -0.2) is 4.98 Å². The molecular weight excluding hydrogens is 254 g/mol. The van der Waals surface area contributed by atoms with Gasteiger partial charge in [0.25, 0.3) is 5.91 Å². The van der Waals surface area contributed by atoms with Crippen LogP contribution in [0.2, 0.25) is 0 Å². The lowest BCUT2D eigenvalue weighted by Crippen LogP contribution is -2.31. The summed E-state index contributed by atoms with van der Waals surface area (Å²) in [7, 11) is 0. The molecule has 0 saturated heterocycles. The summed E-state index contributed by atoms with van der Waals surface area (Å²) < 4.78 is 5.09. The van der Waals surface area contributed by atoms with E-state index in [9.17, 15) is 4.79 Å². The van der Waals surface area contributed by atoms with Crippen molar-refractivity contribution in [2.45, 2.75) is 32.7 Å². The Balaban J connectivity index is 1.84. The van der Waals surface area contributed by atoms with E-state index in [2.05, 4.69) is 15.3 Å². The third kappa shape index (κ3) is 2.43. The molecular formula is C15H17N3O2. The first-order valence-electron chi connectivity index (χ1n) is 6.79. The summed E-state index contributed by atoms with van der Waals surface area (Å²) in [6, 6.07) is 3.89. The number of aromatic nitrogens is 2. The number of carbonyl (C=O) groups is 1. The van der Waals surface area contributed by atoms with Gasteiger partial charge in [0.05, 0.1) is 11.7 Å². The Labute approximate surface area is 117 Å². The van der Waals surface area contributed by atoms with Crippen molar-refractivity contribution >= 4 is 5.91 Å². The fourth-order valence-electron chi connectivity index (χ4n) is 2.40. The van der Waals surface area contributed by atoms with Crippen molar-refractivity contribution in [1.82, 2.24) is 15.3 Å². The maximum Gasteiger partial charge on any atom is 0.274 e. The molecule has 1 aliphatic rings. The number of carbonyl (C=O) groups excluding carboxylic acids is 1. The highest BCUT2D eigenvalue weighted by Gasteiger charge is 2.35.